The highest BCUT2D eigenvalue weighted by Gasteiger charge is 2.08. The lowest BCUT2D eigenvalue weighted by atomic mass is 10.2. The van der Waals surface area contributed by atoms with E-state index in [4.69, 9.17) is 5.73 Å². The van der Waals surface area contributed by atoms with Crippen LogP contribution >= 0.6 is 0 Å². The van der Waals surface area contributed by atoms with Crippen LogP contribution in [0.4, 0.5) is 4.39 Å². The van der Waals surface area contributed by atoms with Crippen LogP contribution in [-0.4, -0.2) is 30.4 Å². The van der Waals surface area contributed by atoms with E-state index in [1.807, 2.05) is 0 Å². The second-order valence-electron chi connectivity index (χ2n) is 3.56. The summed E-state index contributed by atoms with van der Waals surface area (Å²) in [4.78, 5) is 22.7. The van der Waals surface area contributed by atoms with Gasteiger partial charge < -0.3 is 15.0 Å². The lowest BCUT2D eigenvalue weighted by Gasteiger charge is -2.08. The zero-order valence-corrected chi connectivity index (χ0v) is 9.56. The third kappa shape index (κ3) is 3.67. The molecule has 0 aromatic carbocycles. The molecule has 0 aliphatic rings. The first-order valence-electron chi connectivity index (χ1n) is 5.21. The first-order chi connectivity index (χ1) is 8.08. The van der Waals surface area contributed by atoms with Crippen LogP contribution in [-0.2, 0) is 11.3 Å². The standard InChI is InChI=1S/C11H15FN2O3/c1-17-11(16)8-2-4-14(10(15)6-8)5-3-9(12)7-13/h2,4,6,9H,3,5,7,13H2,1H3. The summed E-state index contributed by atoms with van der Waals surface area (Å²) in [7, 11) is 1.24. The minimum absolute atomic E-state index is 0.0605. The number of methoxy groups -OCH3 is 1. The molecule has 0 bridgehead atoms. The Morgan fingerprint density at radius 2 is 2.35 bits per heavy atom. The molecule has 0 saturated carbocycles. The van der Waals surface area contributed by atoms with Crippen molar-refractivity contribution in [1.82, 2.24) is 4.57 Å². The fraction of sp³-hybridized carbons (Fsp3) is 0.455. The number of pyridine rings is 1. The van der Waals surface area contributed by atoms with Gasteiger partial charge in [-0.1, -0.05) is 0 Å². The first kappa shape index (κ1) is 13.4. The Hall–Kier alpha value is -1.69. The van der Waals surface area contributed by atoms with Crippen LogP contribution in [0.3, 0.4) is 0 Å². The summed E-state index contributed by atoms with van der Waals surface area (Å²) in [6.07, 6.45) is 0.494. The number of hydrogen-bond donors (Lipinski definition) is 1. The van der Waals surface area contributed by atoms with Crippen molar-refractivity contribution in [3.05, 3.63) is 34.2 Å². The molecule has 17 heavy (non-hydrogen) atoms. The van der Waals surface area contributed by atoms with E-state index in [9.17, 15) is 14.0 Å². The van der Waals surface area contributed by atoms with Gasteiger partial charge in [0.2, 0.25) is 0 Å². The normalized spacial score (nSPS) is 12.2. The summed E-state index contributed by atoms with van der Waals surface area (Å²) in [5, 5.41) is 0. The molecular formula is C11H15FN2O3. The van der Waals surface area contributed by atoms with Crippen LogP contribution in [0.15, 0.2) is 23.1 Å². The molecule has 2 N–H and O–H groups in total. The number of carbonyl (C=O) groups is 1. The van der Waals surface area contributed by atoms with Crippen LogP contribution in [0, 0.1) is 0 Å². The Kier molecular flexibility index (Phi) is 4.84. The van der Waals surface area contributed by atoms with Gasteiger partial charge in [-0.2, -0.15) is 0 Å². The number of rotatable bonds is 5. The fourth-order valence-electron chi connectivity index (χ4n) is 1.33. The minimum Gasteiger partial charge on any atom is -0.465 e. The van der Waals surface area contributed by atoms with Gasteiger partial charge >= 0.3 is 5.97 Å². The van der Waals surface area contributed by atoms with Crippen molar-refractivity contribution in [1.29, 1.82) is 0 Å². The maximum absolute atomic E-state index is 12.9. The summed E-state index contributed by atoms with van der Waals surface area (Å²) in [5.74, 6) is -0.570. The molecule has 1 atom stereocenters. The van der Waals surface area contributed by atoms with Crippen LogP contribution < -0.4 is 11.3 Å². The number of nitrogens with two attached hydrogens (primary N) is 1. The summed E-state index contributed by atoms with van der Waals surface area (Å²) in [5.41, 5.74) is 4.95. The van der Waals surface area contributed by atoms with Crippen molar-refractivity contribution < 1.29 is 13.9 Å². The van der Waals surface area contributed by atoms with E-state index < -0.39 is 12.1 Å². The summed E-state index contributed by atoms with van der Waals surface area (Å²) < 4.78 is 18.7. The van der Waals surface area contributed by atoms with E-state index in [-0.39, 0.29) is 30.6 Å². The second-order valence-corrected chi connectivity index (χ2v) is 3.56. The number of alkyl halides is 1. The Morgan fingerprint density at radius 3 is 2.88 bits per heavy atom. The summed E-state index contributed by atoms with van der Waals surface area (Å²) >= 11 is 0. The number of ether oxygens (including phenoxy) is 1. The number of carbonyl (C=O) groups excluding carboxylic acids is 1. The van der Waals surface area contributed by atoms with E-state index in [0.717, 1.165) is 0 Å². The molecule has 1 unspecified atom stereocenters. The Bertz CT molecular complexity index is 445. The molecule has 0 radical (unpaired) electrons. The molecule has 0 aliphatic heterocycles. The minimum atomic E-state index is -1.12. The quantitative estimate of drug-likeness (QED) is 0.755. The number of aryl methyl sites for hydroxylation is 1. The van der Waals surface area contributed by atoms with Gasteiger partial charge in [-0.3, -0.25) is 4.79 Å². The van der Waals surface area contributed by atoms with Crippen molar-refractivity contribution in [2.24, 2.45) is 5.73 Å². The van der Waals surface area contributed by atoms with Crippen molar-refractivity contribution in [3.8, 4) is 0 Å². The highest BCUT2D eigenvalue weighted by atomic mass is 19.1. The topological polar surface area (TPSA) is 74.3 Å². The highest BCUT2D eigenvalue weighted by molar-refractivity contribution is 5.88. The predicted molar refractivity (Wildman–Crippen MR) is 60.6 cm³/mol. The molecule has 0 saturated heterocycles. The molecule has 94 valence electrons. The highest BCUT2D eigenvalue weighted by Crippen LogP contribution is 2.00. The van der Waals surface area contributed by atoms with Crippen molar-refractivity contribution in [2.75, 3.05) is 13.7 Å². The van der Waals surface area contributed by atoms with Gasteiger partial charge in [-0.05, 0) is 12.5 Å². The smallest absolute Gasteiger partial charge is 0.338 e. The molecular weight excluding hydrogens is 227 g/mol. The number of aromatic nitrogens is 1. The van der Waals surface area contributed by atoms with Crippen LogP contribution in [0.5, 0.6) is 0 Å². The van der Waals surface area contributed by atoms with Gasteiger partial charge in [-0.25, -0.2) is 9.18 Å². The van der Waals surface area contributed by atoms with Gasteiger partial charge in [0.25, 0.3) is 5.56 Å². The molecule has 1 rings (SSSR count). The Morgan fingerprint density at radius 1 is 1.65 bits per heavy atom. The monoisotopic (exact) mass is 242 g/mol. The fourth-order valence-corrected chi connectivity index (χ4v) is 1.33. The van der Waals surface area contributed by atoms with Crippen LogP contribution in [0.2, 0.25) is 0 Å². The zero-order chi connectivity index (χ0) is 12.8. The number of esters is 1. The van der Waals surface area contributed by atoms with Gasteiger partial charge in [0.05, 0.1) is 12.7 Å². The molecule has 0 fully saturated rings. The lowest BCUT2D eigenvalue weighted by Crippen LogP contribution is -2.24. The lowest BCUT2D eigenvalue weighted by molar-refractivity contribution is 0.0600. The molecule has 0 aliphatic carbocycles. The largest absolute Gasteiger partial charge is 0.465 e. The second kappa shape index (κ2) is 6.15. The maximum Gasteiger partial charge on any atom is 0.338 e. The van der Waals surface area contributed by atoms with Gasteiger partial charge in [0.1, 0.15) is 6.17 Å². The number of halogens is 1. The van der Waals surface area contributed by atoms with E-state index in [0.29, 0.717) is 0 Å². The molecule has 1 aromatic heterocycles. The predicted octanol–water partition coefficient (Wildman–Crippen LogP) is 0.322. The number of nitrogens with zero attached hydrogens (tertiary/aromatic N) is 1. The van der Waals surface area contributed by atoms with Crippen molar-refractivity contribution in [3.63, 3.8) is 0 Å². The average molecular weight is 242 g/mol. The Labute approximate surface area is 98.0 Å². The summed E-state index contributed by atoms with van der Waals surface area (Å²) in [6.45, 7) is 0.174. The van der Waals surface area contributed by atoms with Crippen LogP contribution in [0.25, 0.3) is 0 Å². The molecule has 6 heteroatoms. The molecule has 5 nitrogen and oxygen atoms in total. The molecule has 0 amide bonds. The van der Waals surface area contributed by atoms with E-state index in [2.05, 4.69) is 4.74 Å². The average Bonchev–Trinajstić information content (AvgIpc) is 2.35. The SMILES string of the molecule is COC(=O)c1ccn(CCC(F)CN)c(=O)c1. The van der Waals surface area contributed by atoms with E-state index in [1.54, 1.807) is 0 Å². The molecule has 1 aromatic rings. The first-order valence-corrected chi connectivity index (χ1v) is 5.21. The van der Waals surface area contributed by atoms with Crippen molar-refractivity contribution >= 4 is 5.97 Å². The third-order valence-electron chi connectivity index (χ3n) is 2.36. The van der Waals surface area contributed by atoms with E-state index in [1.165, 1.54) is 30.0 Å². The maximum atomic E-state index is 12.9. The van der Waals surface area contributed by atoms with Gasteiger partial charge in [0, 0.05) is 25.4 Å². The Balaban J connectivity index is 2.77. The zero-order valence-electron chi connectivity index (χ0n) is 9.56. The number of hydrogen-bond acceptors (Lipinski definition) is 4. The van der Waals surface area contributed by atoms with E-state index >= 15 is 0 Å². The van der Waals surface area contributed by atoms with Crippen LogP contribution in [0.1, 0.15) is 16.8 Å². The molecule has 1 heterocycles. The van der Waals surface area contributed by atoms with Crippen molar-refractivity contribution in [2.45, 2.75) is 19.1 Å². The summed E-state index contributed by atoms with van der Waals surface area (Å²) in [6, 6.07) is 2.63. The third-order valence-corrected chi connectivity index (χ3v) is 2.36. The van der Waals surface area contributed by atoms with Gasteiger partial charge in [0.15, 0.2) is 0 Å². The van der Waals surface area contributed by atoms with Gasteiger partial charge in [-0.15, -0.1) is 0 Å². The molecule has 0 spiro atoms.